The fraction of sp³-hybridized carbons (Fsp3) is 0.462. The summed E-state index contributed by atoms with van der Waals surface area (Å²) in [6.45, 7) is 2.26. The first-order valence-electron chi connectivity index (χ1n) is 5.80. The lowest BCUT2D eigenvalue weighted by Gasteiger charge is -2.06. The minimum absolute atomic E-state index is 0.0904. The Morgan fingerprint density at radius 2 is 2.12 bits per heavy atom. The van der Waals surface area contributed by atoms with Crippen LogP contribution in [0.1, 0.15) is 31.7 Å². The smallest absolute Gasteiger partial charge is 0.305 e. The summed E-state index contributed by atoms with van der Waals surface area (Å²) in [5, 5.41) is 18.8. The van der Waals surface area contributed by atoms with E-state index in [-0.39, 0.29) is 17.5 Å². The molecule has 1 rings (SSSR count). The standard InChI is InChI=1S/C13H18O4/c1-2-5-12(15)17-9-4-7-10-6-3-8-11(14)13(10)16/h3,6,8,14,16H,2,4-5,7,9H2,1H3. The molecule has 0 spiro atoms. The molecule has 0 aliphatic carbocycles. The van der Waals surface area contributed by atoms with Gasteiger partial charge in [0.2, 0.25) is 0 Å². The van der Waals surface area contributed by atoms with E-state index in [9.17, 15) is 15.0 Å². The van der Waals surface area contributed by atoms with Gasteiger partial charge >= 0.3 is 5.97 Å². The molecule has 0 atom stereocenters. The van der Waals surface area contributed by atoms with Crippen LogP contribution in [-0.4, -0.2) is 22.8 Å². The Labute approximate surface area is 101 Å². The number of para-hydroxylation sites is 1. The van der Waals surface area contributed by atoms with Crippen LogP contribution in [0.15, 0.2) is 18.2 Å². The van der Waals surface area contributed by atoms with Crippen molar-refractivity contribution < 1.29 is 19.7 Å². The topological polar surface area (TPSA) is 66.8 Å². The third-order valence-corrected chi connectivity index (χ3v) is 2.41. The molecule has 17 heavy (non-hydrogen) atoms. The lowest BCUT2D eigenvalue weighted by atomic mass is 10.1. The van der Waals surface area contributed by atoms with Gasteiger partial charge in [0.25, 0.3) is 0 Å². The molecule has 2 N–H and O–H groups in total. The van der Waals surface area contributed by atoms with Gasteiger partial charge in [-0.25, -0.2) is 0 Å². The second kappa shape index (κ2) is 6.78. The maximum atomic E-state index is 11.1. The van der Waals surface area contributed by atoms with Crippen LogP contribution in [0.2, 0.25) is 0 Å². The van der Waals surface area contributed by atoms with Gasteiger partial charge in [-0.2, -0.15) is 0 Å². The zero-order valence-electron chi connectivity index (χ0n) is 9.98. The van der Waals surface area contributed by atoms with Crippen molar-refractivity contribution in [2.24, 2.45) is 0 Å². The molecule has 4 nitrogen and oxygen atoms in total. The average Bonchev–Trinajstić information content (AvgIpc) is 2.30. The largest absolute Gasteiger partial charge is 0.504 e. The summed E-state index contributed by atoms with van der Waals surface area (Å²) in [5.74, 6) is -0.398. The van der Waals surface area contributed by atoms with Crippen molar-refractivity contribution in [2.45, 2.75) is 32.6 Å². The Hall–Kier alpha value is -1.71. The molecule has 0 aliphatic heterocycles. The summed E-state index contributed by atoms with van der Waals surface area (Å²) in [7, 11) is 0. The number of rotatable bonds is 6. The molecule has 0 bridgehead atoms. The predicted octanol–water partition coefficient (Wildman–Crippen LogP) is 2.37. The van der Waals surface area contributed by atoms with Gasteiger partial charge < -0.3 is 14.9 Å². The van der Waals surface area contributed by atoms with Crippen LogP contribution in [0.4, 0.5) is 0 Å². The summed E-state index contributed by atoms with van der Waals surface area (Å²) in [6.07, 6.45) is 2.43. The van der Waals surface area contributed by atoms with Crippen molar-refractivity contribution >= 4 is 5.97 Å². The highest BCUT2D eigenvalue weighted by molar-refractivity contribution is 5.69. The second-order valence-electron chi connectivity index (χ2n) is 3.86. The van der Waals surface area contributed by atoms with E-state index in [1.165, 1.54) is 6.07 Å². The number of phenolic OH excluding ortho intramolecular Hbond substituents is 2. The lowest BCUT2D eigenvalue weighted by Crippen LogP contribution is -2.05. The van der Waals surface area contributed by atoms with E-state index in [1.54, 1.807) is 12.1 Å². The summed E-state index contributed by atoms with van der Waals surface area (Å²) >= 11 is 0. The van der Waals surface area contributed by atoms with Crippen molar-refractivity contribution in [1.82, 2.24) is 0 Å². The number of benzene rings is 1. The number of ether oxygens (including phenoxy) is 1. The number of carbonyl (C=O) groups excluding carboxylic acids is 1. The molecule has 4 heteroatoms. The molecule has 94 valence electrons. The van der Waals surface area contributed by atoms with Gasteiger partial charge in [-0.1, -0.05) is 19.1 Å². The fourth-order valence-electron chi connectivity index (χ4n) is 1.50. The first-order chi connectivity index (χ1) is 8.15. The fourth-order valence-corrected chi connectivity index (χ4v) is 1.50. The summed E-state index contributed by atoms with van der Waals surface area (Å²) < 4.78 is 4.99. The Morgan fingerprint density at radius 3 is 2.82 bits per heavy atom. The van der Waals surface area contributed by atoms with Crippen LogP contribution in [0.3, 0.4) is 0 Å². The van der Waals surface area contributed by atoms with Crippen LogP contribution in [-0.2, 0) is 16.0 Å². The highest BCUT2D eigenvalue weighted by Gasteiger charge is 2.06. The Kier molecular flexibility index (Phi) is 5.33. The van der Waals surface area contributed by atoms with E-state index in [1.807, 2.05) is 6.92 Å². The van der Waals surface area contributed by atoms with Gasteiger partial charge in [0.05, 0.1) is 6.61 Å². The maximum Gasteiger partial charge on any atom is 0.305 e. The quantitative estimate of drug-likeness (QED) is 0.453. The highest BCUT2D eigenvalue weighted by Crippen LogP contribution is 2.28. The Bertz CT molecular complexity index is 374. The first-order valence-corrected chi connectivity index (χ1v) is 5.80. The van der Waals surface area contributed by atoms with E-state index in [4.69, 9.17) is 4.74 Å². The molecule has 0 fully saturated rings. The third kappa shape index (κ3) is 4.34. The van der Waals surface area contributed by atoms with Gasteiger partial charge in [0.1, 0.15) is 0 Å². The lowest BCUT2D eigenvalue weighted by molar-refractivity contribution is -0.143. The van der Waals surface area contributed by atoms with Gasteiger partial charge in [0, 0.05) is 6.42 Å². The molecule has 1 aromatic rings. The summed E-state index contributed by atoms with van der Waals surface area (Å²) in [6, 6.07) is 4.84. The SMILES string of the molecule is CCCC(=O)OCCCc1cccc(O)c1O. The molecule has 0 amide bonds. The molecule has 0 saturated carbocycles. The van der Waals surface area contributed by atoms with E-state index >= 15 is 0 Å². The molecule has 0 aromatic heterocycles. The Morgan fingerprint density at radius 1 is 1.35 bits per heavy atom. The van der Waals surface area contributed by atoms with Crippen molar-refractivity contribution in [3.8, 4) is 11.5 Å². The molecule has 0 saturated heterocycles. The number of hydrogen-bond acceptors (Lipinski definition) is 4. The van der Waals surface area contributed by atoms with E-state index in [2.05, 4.69) is 0 Å². The van der Waals surface area contributed by atoms with E-state index < -0.39 is 0 Å². The zero-order chi connectivity index (χ0) is 12.7. The van der Waals surface area contributed by atoms with Crippen molar-refractivity contribution in [3.63, 3.8) is 0 Å². The van der Waals surface area contributed by atoms with E-state index in [0.717, 1.165) is 6.42 Å². The molecule has 1 aromatic carbocycles. The maximum absolute atomic E-state index is 11.1. The third-order valence-electron chi connectivity index (χ3n) is 2.41. The molecule has 0 unspecified atom stereocenters. The monoisotopic (exact) mass is 238 g/mol. The molecule has 0 radical (unpaired) electrons. The van der Waals surface area contributed by atoms with Gasteiger partial charge in [-0.15, -0.1) is 0 Å². The normalized spacial score (nSPS) is 10.2. The minimum atomic E-state index is -0.187. The second-order valence-corrected chi connectivity index (χ2v) is 3.86. The van der Waals surface area contributed by atoms with Crippen molar-refractivity contribution in [2.75, 3.05) is 6.61 Å². The highest BCUT2D eigenvalue weighted by atomic mass is 16.5. The molecule has 0 heterocycles. The molecule has 0 aliphatic rings. The first kappa shape index (κ1) is 13.4. The van der Waals surface area contributed by atoms with Crippen LogP contribution in [0.5, 0.6) is 11.5 Å². The van der Waals surface area contributed by atoms with Crippen molar-refractivity contribution in [1.29, 1.82) is 0 Å². The molecular weight excluding hydrogens is 220 g/mol. The summed E-state index contributed by atoms with van der Waals surface area (Å²) in [4.78, 5) is 11.1. The van der Waals surface area contributed by atoms with Crippen molar-refractivity contribution in [3.05, 3.63) is 23.8 Å². The van der Waals surface area contributed by atoms with Gasteiger partial charge in [-0.05, 0) is 30.9 Å². The van der Waals surface area contributed by atoms with E-state index in [0.29, 0.717) is 31.4 Å². The number of carbonyl (C=O) groups is 1. The summed E-state index contributed by atoms with van der Waals surface area (Å²) in [5.41, 5.74) is 0.663. The van der Waals surface area contributed by atoms with Crippen LogP contribution in [0.25, 0.3) is 0 Å². The number of esters is 1. The number of hydrogen-bond donors (Lipinski definition) is 2. The zero-order valence-corrected chi connectivity index (χ0v) is 9.98. The van der Waals surface area contributed by atoms with Gasteiger partial charge in [0.15, 0.2) is 11.5 Å². The molecular formula is C13H18O4. The average molecular weight is 238 g/mol. The van der Waals surface area contributed by atoms with Crippen LogP contribution in [0, 0.1) is 0 Å². The van der Waals surface area contributed by atoms with Crippen LogP contribution >= 0.6 is 0 Å². The van der Waals surface area contributed by atoms with Gasteiger partial charge in [-0.3, -0.25) is 4.79 Å². The number of aryl methyl sites for hydroxylation is 1. The predicted molar refractivity (Wildman–Crippen MR) is 64.0 cm³/mol. The Balaban J connectivity index is 2.31. The number of phenols is 2. The van der Waals surface area contributed by atoms with Crippen LogP contribution < -0.4 is 0 Å². The number of aromatic hydroxyl groups is 2. The minimum Gasteiger partial charge on any atom is -0.504 e.